The van der Waals surface area contributed by atoms with Crippen molar-refractivity contribution in [2.75, 3.05) is 13.7 Å². The number of aliphatic hydroxyl groups is 1. The highest BCUT2D eigenvalue weighted by Gasteiger charge is 2.43. The number of ether oxygens (including phenoxy) is 1. The lowest BCUT2D eigenvalue weighted by Gasteiger charge is -2.34. The summed E-state index contributed by atoms with van der Waals surface area (Å²) in [6.07, 6.45) is 0.0425. The topological polar surface area (TPSA) is 92.9 Å². The number of nitrogens with zero attached hydrogens (tertiary/aromatic N) is 1. The normalized spacial score (nSPS) is 16.1. The molecular formula is C10H20N2O4. The predicted molar refractivity (Wildman–Crippen MR) is 58.3 cm³/mol. The number of esters is 1. The summed E-state index contributed by atoms with van der Waals surface area (Å²) in [5, 5.41) is 10.1. The molecule has 0 aromatic carbocycles. The molecule has 2 unspecified atom stereocenters. The number of hydrogen-bond acceptors (Lipinski definition) is 5. The highest BCUT2D eigenvalue weighted by molar-refractivity contribution is 5.88. The molecule has 2 atom stereocenters. The first kappa shape index (κ1) is 14.9. The lowest BCUT2D eigenvalue weighted by Crippen LogP contribution is -2.58. The van der Waals surface area contributed by atoms with E-state index < -0.39 is 23.6 Å². The van der Waals surface area contributed by atoms with E-state index in [1.165, 1.54) is 14.0 Å². The molecule has 0 saturated carbocycles. The Balaban J connectivity index is 4.94. The second-order valence-corrected chi connectivity index (χ2v) is 3.58. The van der Waals surface area contributed by atoms with E-state index in [-0.39, 0.29) is 13.0 Å². The van der Waals surface area contributed by atoms with Crippen molar-refractivity contribution in [3.8, 4) is 0 Å². The van der Waals surface area contributed by atoms with Crippen LogP contribution in [0.2, 0.25) is 0 Å². The fraction of sp³-hybridized carbons (Fsp3) is 0.800. The maximum absolute atomic E-state index is 11.6. The summed E-state index contributed by atoms with van der Waals surface area (Å²) in [6.45, 7) is 4.84. The SMILES string of the molecule is CCOC(=O)C(O)(CC)N(C)C(=O)C(C)N. The van der Waals surface area contributed by atoms with Gasteiger partial charge in [-0.3, -0.25) is 4.79 Å². The molecule has 0 aliphatic rings. The Bertz CT molecular complexity index is 268. The van der Waals surface area contributed by atoms with Crippen molar-refractivity contribution < 1.29 is 19.4 Å². The summed E-state index contributed by atoms with van der Waals surface area (Å²) in [5.41, 5.74) is 3.46. The van der Waals surface area contributed by atoms with Gasteiger partial charge in [-0.2, -0.15) is 0 Å². The summed E-state index contributed by atoms with van der Waals surface area (Å²) < 4.78 is 4.73. The van der Waals surface area contributed by atoms with Gasteiger partial charge in [-0.25, -0.2) is 4.79 Å². The molecular weight excluding hydrogens is 212 g/mol. The Hall–Kier alpha value is -1.14. The molecule has 1 amide bonds. The van der Waals surface area contributed by atoms with Crippen molar-refractivity contribution >= 4 is 11.9 Å². The van der Waals surface area contributed by atoms with Gasteiger partial charge in [0.25, 0.3) is 0 Å². The summed E-state index contributed by atoms with van der Waals surface area (Å²) >= 11 is 0. The highest BCUT2D eigenvalue weighted by atomic mass is 16.6. The molecule has 0 spiro atoms. The zero-order chi connectivity index (χ0) is 12.9. The monoisotopic (exact) mass is 232 g/mol. The van der Waals surface area contributed by atoms with Gasteiger partial charge in [-0.15, -0.1) is 0 Å². The quantitative estimate of drug-likeness (QED) is 0.490. The van der Waals surface area contributed by atoms with E-state index in [0.29, 0.717) is 0 Å². The standard InChI is InChI=1S/C10H20N2O4/c1-5-10(15,9(14)16-6-2)12(4)8(13)7(3)11/h7,15H,5-6,11H2,1-4H3. The molecule has 3 N–H and O–H groups in total. The Morgan fingerprint density at radius 3 is 2.31 bits per heavy atom. The molecule has 0 aromatic rings. The second kappa shape index (κ2) is 5.81. The molecule has 94 valence electrons. The minimum absolute atomic E-state index is 0.0425. The third kappa shape index (κ3) is 2.93. The van der Waals surface area contributed by atoms with Crippen LogP contribution in [0.5, 0.6) is 0 Å². The predicted octanol–water partition coefficient (Wildman–Crippen LogP) is -0.546. The van der Waals surface area contributed by atoms with Gasteiger partial charge in [0.15, 0.2) is 0 Å². The fourth-order valence-electron chi connectivity index (χ4n) is 1.25. The van der Waals surface area contributed by atoms with E-state index in [4.69, 9.17) is 10.5 Å². The summed E-state index contributed by atoms with van der Waals surface area (Å²) in [4.78, 5) is 24.1. The lowest BCUT2D eigenvalue weighted by molar-refractivity contribution is -0.191. The van der Waals surface area contributed by atoms with Crippen molar-refractivity contribution in [3.63, 3.8) is 0 Å². The second-order valence-electron chi connectivity index (χ2n) is 3.58. The molecule has 0 fully saturated rings. The first-order valence-electron chi connectivity index (χ1n) is 5.24. The molecule has 0 bridgehead atoms. The zero-order valence-electron chi connectivity index (χ0n) is 10.2. The molecule has 16 heavy (non-hydrogen) atoms. The minimum Gasteiger partial charge on any atom is -0.462 e. The van der Waals surface area contributed by atoms with Crippen LogP contribution in [0.25, 0.3) is 0 Å². The van der Waals surface area contributed by atoms with Crippen LogP contribution < -0.4 is 5.73 Å². The first-order valence-corrected chi connectivity index (χ1v) is 5.24. The van der Waals surface area contributed by atoms with Crippen LogP contribution in [0.3, 0.4) is 0 Å². The average Bonchev–Trinajstić information content (AvgIpc) is 2.25. The third-order valence-electron chi connectivity index (χ3n) is 2.37. The van der Waals surface area contributed by atoms with Crippen LogP contribution in [-0.2, 0) is 14.3 Å². The Labute approximate surface area is 95.4 Å². The van der Waals surface area contributed by atoms with Crippen LogP contribution in [0, 0.1) is 0 Å². The number of carbonyl (C=O) groups excluding carboxylic acids is 2. The Morgan fingerprint density at radius 2 is 2.00 bits per heavy atom. The molecule has 0 aliphatic carbocycles. The van der Waals surface area contributed by atoms with Crippen LogP contribution >= 0.6 is 0 Å². The molecule has 0 aliphatic heterocycles. The fourth-order valence-corrected chi connectivity index (χ4v) is 1.25. The number of amides is 1. The van der Waals surface area contributed by atoms with Gasteiger partial charge < -0.3 is 20.5 Å². The Morgan fingerprint density at radius 1 is 1.50 bits per heavy atom. The first-order chi connectivity index (χ1) is 7.31. The van der Waals surface area contributed by atoms with Crippen LogP contribution in [-0.4, -0.2) is 47.3 Å². The van der Waals surface area contributed by atoms with Crippen molar-refractivity contribution in [1.29, 1.82) is 0 Å². The molecule has 0 saturated heterocycles. The van der Waals surface area contributed by atoms with Crippen molar-refractivity contribution in [3.05, 3.63) is 0 Å². The van der Waals surface area contributed by atoms with E-state index >= 15 is 0 Å². The summed E-state index contributed by atoms with van der Waals surface area (Å²) in [7, 11) is 1.33. The largest absolute Gasteiger partial charge is 0.462 e. The molecule has 0 rings (SSSR count). The van der Waals surface area contributed by atoms with E-state index in [1.54, 1.807) is 13.8 Å². The molecule has 6 heteroatoms. The molecule has 0 heterocycles. The number of nitrogens with two attached hydrogens (primary N) is 1. The molecule has 0 aromatic heterocycles. The maximum Gasteiger partial charge on any atom is 0.359 e. The van der Waals surface area contributed by atoms with Crippen molar-refractivity contribution in [2.45, 2.75) is 39.0 Å². The highest BCUT2D eigenvalue weighted by Crippen LogP contribution is 2.17. The number of rotatable bonds is 5. The Kier molecular flexibility index (Phi) is 5.40. The van der Waals surface area contributed by atoms with Gasteiger partial charge in [-0.05, 0) is 13.8 Å². The summed E-state index contributed by atoms with van der Waals surface area (Å²) in [6, 6.07) is -0.780. The van der Waals surface area contributed by atoms with E-state index in [1.807, 2.05) is 0 Å². The van der Waals surface area contributed by atoms with Crippen molar-refractivity contribution in [1.82, 2.24) is 4.90 Å². The van der Waals surface area contributed by atoms with Gasteiger partial charge in [0.05, 0.1) is 12.6 Å². The molecule has 0 radical (unpaired) electrons. The minimum atomic E-state index is -1.94. The van der Waals surface area contributed by atoms with Gasteiger partial charge >= 0.3 is 5.97 Å². The van der Waals surface area contributed by atoms with Crippen molar-refractivity contribution in [2.24, 2.45) is 5.73 Å². The van der Waals surface area contributed by atoms with Gasteiger partial charge in [0, 0.05) is 13.5 Å². The van der Waals surface area contributed by atoms with Gasteiger partial charge in [0.1, 0.15) is 0 Å². The average molecular weight is 232 g/mol. The zero-order valence-corrected chi connectivity index (χ0v) is 10.2. The number of carbonyl (C=O) groups is 2. The van der Waals surface area contributed by atoms with E-state index in [2.05, 4.69) is 0 Å². The lowest BCUT2D eigenvalue weighted by atomic mass is 10.1. The number of likely N-dealkylation sites (N-methyl/N-ethyl adjacent to an activating group) is 1. The van der Waals surface area contributed by atoms with Crippen LogP contribution in [0.1, 0.15) is 27.2 Å². The van der Waals surface area contributed by atoms with E-state index in [0.717, 1.165) is 4.90 Å². The van der Waals surface area contributed by atoms with Crippen LogP contribution in [0.4, 0.5) is 0 Å². The van der Waals surface area contributed by atoms with Gasteiger partial charge in [-0.1, -0.05) is 6.92 Å². The van der Waals surface area contributed by atoms with Gasteiger partial charge in [0.2, 0.25) is 11.6 Å². The molecule has 6 nitrogen and oxygen atoms in total. The van der Waals surface area contributed by atoms with Crippen LogP contribution in [0.15, 0.2) is 0 Å². The third-order valence-corrected chi connectivity index (χ3v) is 2.37. The van der Waals surface area contributed by atoms with E-state index in [9.17, 15) is 14.7 Å². The maximum atomic E-state index is 11.6. The summed E-state index contributed by atoms with van der Waals surface area (Å²) in [5.74, 6) is -1.36. The number of hydrogen-bond donors (Lipinski definition) is 2. The smallest absolute Gasteiger partial charge is 0.359 e.